The second-order valence-electron chi connectivity index (χ2n) is 7.90. The molecule has 0 radical (unpaired) electrons. The highest BCUT2D eigenvalue weighted by atomic mass is 35.5. The lowest BCUT2D eigenvalue weighted by Crippen LogP contribution is -2.49. The molecule has 1 saturated heterocycles. The van der Waals surface area contributed by atoms with Crippen LogP contribution in [0.5, 0.6) is 0 Å². The highest BCUT2D eigenvalue weighted by Gasteiger charge is 2.19. The minimum Gasteiger partial charge on any atom is -0.367 e. The van der Waals surface area contributed by atoms with Crippen LogP contribution in [0.2, 0.25) is 0 Å². The maximum atomic E-state index is 15.0. The third-order valence-corrected chi connectivity index (χ3v) is 5.44. The minimum absolute atomic E-state index is 0. The monoisotopic (exact) mass is 443 g/mol. The summed E-state index contributed by atoms with van der Waals surface area (Å²) in [6, 6.07) is 3.59. The van der Waals surface area contributed by atoms with Gasteiger partial charge in [0.15, 0.2) is 17.3 Å². The molecule has 8 nitrogen and oxygen atoms in total. The maximum absolute atomic E-state index is 15.0. The number of aromatic nitrogens is 5. The Morgan fingerprint density at radius 1 is 1.10 bits per heavy atom. The second-order valence-corrected chi connectivity index (χ2v) is 7.90. The van der Waals surface area contributed by atoms with Crippen LogP contribution in [0, 0.1) is 19.7 Å². The summed E-state index contributed by atoms with van der Waals surface area (Å²) in [5.74, 6) is -0.352. The lowest BCUT2D eigenvalue weighted by Gasteiger charge is -2.33. The summed E-state index contributed by atoms with van der Waals surface area (Å²) in [7, 11) is 0. The number of anilines is 1. The molecule has 4 aromatic rings. The van der Waals surface area contributed by atoms with Crippen LogP contribution in [0.15, 0.2) is 35.5 Å². The fourth-order valence-electron chi connectivity index (χ4n) is 4.05. The van der Waals surface area contributed by atoms with Gasteiger partial charge >= 0.3 is 5.69 Å². The molecule has 0 saturated carbocycles. The van der Waals surface area contributed by atoms with E-state index < -0.39 is 11.5 Å². The van der Waals surface area contributed by atoms with Crippen molar-refractivity contribution in [1.29, 1.82) is 0 Å². The maximum Gasteiger partial charge on any atom is 0.355 e. The van der Waals surface area contributed by atoms with Gasteiger partial charge in [0.1, 0.15) is 5.65 Å². The molecule has 0 spiro atoms. The molecule has 5 heterocycles. The van der Waals surface area contributed by atoms with Crippen molar-refractivity contribution in [3.63, 3.8) is 0 Å². The van der Waals surface area contributed by atoms with Crippen LogP contribution >= 0.6 is 12.4 Å². The summed E-state index contributed by atoms with van der Waals surface area (Å²) in [5.41, 5.74) is 3.34. The largest absolute Gasteiger partial charge is 0.367 e. The fraction of sp³-hybridized carbons (Fsp3) is 0.333. The van der Waals surface area contributed by atoms with Gasteiger partial charge in [0, 0.05) is 55.9 Å². The highest BCUT2D eigenvalue weighted by molar-refractivity contribution is 5.85. The molecular formula is C21H23ClFN7O. The molecule has 10 heteroatoms. The van der Waals surface area contributed by atoms with Crippen LogP contribution in [-0.4, -0.2) is 49.4 Å². The number of halogens is 2. The molecule has 0 aromatic carbocycles. The van der Waals surface area contributed by atoms with Crippen LogP contribution in [0.25, 0.3) is 22.7 Å². The number of aryl methyl sites for hydroxylation is 2. The first-order chi connectivity index (χ1) is 14.4. The van der Waals surface area contributed by atoms with E-state index in [9.17, 15) is 4.79 Å². The fourth-order valence-corrected chi connectivity index (χ4v) is 4.05. The minimum atomic E-state index is -0.557. The molecule has 1 fully saturated rings. The van der Waals surface area contributed by atoms with Gasteiger partial charge in [-0.3, -0.25) is 0 Å². The number of fused-ring (bicyclic) bond motifs is 2. The van der Waals surface area contributed by atoms with Crippen LogP contribution < -0.4 is 15.9 Å². The third kappa shape index (κ3) is 3.75. The zero-order chi connectivity index (χ0) is 21.0. The molecule has 1 unspecified atom stereocenters. The zero-order valence-corrected chi connectivity index (χ0v) is 18.3. The summed E-state index contributed by atoms with van der Waals surface area (Å²) >= 11 is 0. The quantitative estimate of drug-likeness (QED) is 0.512. The van der Waals surface area contributed by atoms with Gasteiger partial charge in [-0.2, -0.15) is 4.98 Å². The van der Waals surface area contributed by atoms with Crippen molar-refractivity contribution in [2.75, 3.05) is 24.5 Å². The van der Waals surface area contributed by atoms with Crippen molar-refractivity contribution >= 4 is 29.4 Å². The van der Waals surface area contributed by atoms with Gasteiger partial charge in [-0.1, -0.05) is 0 Å². The number of nitrogens with zero attached hydrogens (tertiary/aromatic N) is 6. The van der Waals surface area contributed by atoms with Gasteiger partial charge in [0.2, 0.25) is 0 Å². The van der Waals surface area contributed by atoms with Crippen molar-refractivity contribution in [3.8, 4) is 11.4 Å². The van der Waals surface area contributed by atoms with Gasteiger partial charge in [-0.15, -0.1) is 12.4 Å². The van der Waals surface area contributed by atoms with E-state index in [0.29, 0.717) is 11.3 Å². The molecule has 1 aliphatic rings. The smallest absolute Gasteiger partial charge is 0.355 e. The molecule has 1 aliphatic heterocycles. The van der Waals surface area contributed by atoms with Gasteiger partial charge in [-0.05, 0) is 32.4 Å². The molecule has 1 N–H and O–H groups in total. The Labute approximate surface area is 184 Å². The Hall–Kier alpha value is -3.04. The summed E-state index contributed by atoms with van der Waals surface area (Å²) in [6.45, 7) is 8.21. The molecule has 0 aliphatic carbocycles. The van der Waals surface area contributed by atoms with Crippen LogP contribution in [0.1, 0.15) is 18.2 Å². The zero-order valence-electron chi connectivity index (χ0n) is 17.5. The third-order valence-electron chi connectivity index (χ3n) is 5.44. The number of hydrogen-bond donors (Lipinski definition) is 1. The second kappa shape index (κ2) is 7.90. The Balaban J connectivity index is 0.00000231. The van der Waals surface area contributed by atoms with E-state index in [4.69, 9.17) is 0 Å². The lowest BCUT2D eigenvalue weighted by molar-refractivity contribution is 0.483. The van der Waals surface area contributed by atoms with Crippen molar-refractivity contribution in [1.82, 2.24) is 29.1 Å². The Morgan fingerprint density at radius 2 is 1.90 bits per heavy atom. The molecule has 0 amide bonds. The molecule has 4 aromatic heterocycles. The van der Waals surface area contributed by atoms with Crippen molar-refractivity contribution in [3.05, 3.63) is 58.3 Å². The first-order valence-electron chi connectivity index (χ1n) is 9.93. The molecule has 0 bridgehead atoms. The van der Waals surface area contributed by atoms with E-state index in [2.05, 4.69) is 32.1 Å². The van der Waals surface area contributed by atoms with Gasteiger partial charge < -0.3 is 14.6 Å². The standard InChI is InChI=1S/C21H22FN7O.ClH/c1-12-6-15(10-28-9-14(3)24-19(12)28)18-25-20-17(22)7-16(11-29(20)21(30)26-18)27-5-4-23-13(2)8-27;/h6-7,9-11,13,23H,4-5,8H2,1-3H3;1H. The number of pyridine rings is 2. The van der Waals surface area contributed by atoms with Gasteiger partial charge in [-0.25, -0.2) is 23.6 Å². The molecule has 5 rings (SSSR count). The molecule has 31 heavy (non-hydrogen) atoms. The molecular weight excluding hydrogens is 421 g/mol. The molecule has 1 atom stereocenters. The summed E-state index contributed by atoms with van der Waals surface area (Å²) in [4.78, 5) is 27.8. The van der Waals surface area contributed by atoms with Crippen LogP contribution in [0.3, 0.4) is 0 Å². The van der Waals surface area contributed by atoms with Crippen LogP contribution in [-0.2, 0) is 0 Å². The first-order valence-corrected chi connectivity index (χ1v) is 9.93. The average molecular weight is 444 g/mol. The Kier molecular flexibility index (Phi) is 5.40. The topological polar surface area (TPSA) is 79.8 Å². The summed E-state index contributed by atoms with van der Waals surface area (Å²) < 4.78 is 18.1. The van der Waals surface area contributed by atoms with Gasteiger partial charge in [0.25, 0.3) is 0 Å². The normalized spacial score (nSPS) is 16.6. The lowest BCUT2D eigenvalue weighted by atomic mass is 10.2. The number of piperazine rings is 1. The Morgan fingerprint density at radius 3 is 2.68 bits per heavy atom. The van der Waals surface area contributed by atoms with Crippen LogP contribution in [0.4, 0.5) is 10.1 Å². The predicted octanol–water partition coefficient (Wildman–Crippen LogP) is 2.38. The van der Waals surface area contributed by atoms with E-state index >= 15 is 4.39 Å². The van der Waals surface area contributed by atoms with Gasteiger partial charge in [0.05, 0.1) is 11.4 Å². The van der Waals surface area contributed by atoms with E-state index in [1.807, 2.05) is 36.7 Å². The number of imidazole rings is 1. The van der Waals surface area contributed by atoms with E-state index in [1.54, 1.807) is 6.20 Å². The number of hydrogen-bond acceptors (Lipinski definition) is 6. The summed E-state index contributed by atoms with van der Waals surface area (Å²) in [5, 5.41) is 3.35. The Bertz CT molecular complexity index is 1350. The average Bonchev–Trinajstić information content (AvgIpc) is 3.09. The van der Waals surface area contributed by atoms with Crippen molar-refractivity contribution in [2.45, 2.75) is 26.8 Å². The molecule has 162 valence electrons. The first kappa shape index (κ1) is 21.2. The highest BCUT2D eigenvalue weighted by Crippen LogP contribution is 2.22. The van der Waals surface area contributed by atoms with E-state index in [-0.39, 0.29) is 29.9 Å². The number of rotatable bonds is 2. The van der Waals surface area contributed by atoms with E-state index in [0.717, 1.165) is 36.5 Å². The predicted molar refractivity (Wildman–Crippen MR) is 120 cm³/mol. The van der Waals surface area contributed by atoms with Crippen molar-refractivity contribution in [2.24, 2.45) is 0 Å². The van der Waals surface area contributed by atoms with Crippen molar-refractivity contribution < 1.29 is 4.39 Å². The number of nitrogens with one attached hydrogen (secondary N) is 1. The van der Waals surface area contributed by atoms with E-state index in [1.165, 1.54) is 10.5 Å². The SMILES string of the molecule is Cc1cn2cc(-c3nc(=O)n4cc(N5CCNC(C)C5)cc(F)c4n3)cc(C)c2n1.Cl. The summed E-state index contributed by atoms with van der Waals surface area (Å²) in [6.07, 6.45) is 5.32.